The summed E-state index contributed by atoms with van der Waals surface area (Å²) in [5.41, 5.74) is 24.5. The Hall–Kier alpha value is -14.3. The topological polar surface area (TPSA) is 82.1 Å². The number of H-pyrrole nitrogens is 1. The first-order chi connectivity index (χ1) is 56.0. The Morgan fingerprint density at radius 3 is 1.53 bits per heavy atom. The van der Waals surface area contributed by atoms with E-state index in [0.717, 1.165) is 81.0 Å². The van der Waals surface area contributed by atoms with E-state index in [-0.39, 0.29) is 5.28 Å². The summed E-state index contributed by atoms with van der Waals surface area (Å²) < 4.78 is 7.07. The molecule has 0 spiro atoms. The summed E-state index contributed by atoms with van der Waals surface area (Å²) in [5, 5.41) is 18.5. The number of aromatic amines is 1. The quantitative estimate of drug-likeness (QED) is 0.172. The van der Waals surface area contributed by atoms with Crippen molar-refractivity contribution in [3.8, 4) is 50.8 Å². The molecule has 0 bridgehead atoms. The highest BCUT2D eigenvalue weighted by Crippen LogP contribution is 2.46. The van der Waals surface area contributed by atoms with Crippen LogP contribution in [0.1, 0.15) is 31.4 Å². The maximum Gasteiger partial charge on any atom is 0.235 e. The van der Waals surface area contributed by atoms with Gasteiger partial charge in [0.25, 0.3) is 0 Å². The minimum atomic E-state index is 0.269. The Labute approximate surface area is 656 Å². The fraction of sp³-hybridized carbons (Fsp3) is 0.0385. The predicted octanol–water partition coefficient (Wildman–Crippen LogP) is 27.8. The smallest absolute Gasteiger partial charge is 0.235 e. The first-order valence-electron chi connectivity index (χ1n) is 38.7. The molecule has 0 fully saturated rings. The molecule has 113 heavy (non-hydrogen) atoms. The van der Waals surface area contributed by atoms with Gasteiger partial charge >= 0.3 is 0 Å². The second-order valence-corrected chi connectivity index (χ2v) is 29.6. The van der Waals surface area contributed by atoms with Gasteiger partial charge in [0.2, 0.25) is 11.2 Å². The standard InChI is InChI=1S/C52H32N4.C34H22N2.C18H17ClN2/c1-2-16-37(17-3-1)55-47-24-12-9-19-39(47)41-29-28-35(31-49(41)55)44-32-45-40-20-10-13-25-48(40)56(51(45)42-21-7-6-18-38(42)44)52-53-46-23-11-8-22-43(46)50(54-52)36-27-26-33-14-4-5-15-34(33)30-36;1-2-10-23(11-3-1)36-32-17-9-7-14-26(32)27-19-18-22(20-33(27)36)29-21-30-25-13-6-8-16-31(25)35-34(30)28-15-5-4-12-24(28)29;19-18-20-12-6-2-1-3-9-17(21-18)16-11-10-14-7-4-5-8-15(14)13-16/h1-32H;1-21,35H;1-4,6-7,9,12-13H,5,8,10-11H2. The number of halogens is 1. The highest BCUT2D eigenvalue weighted by Gasteiger charge is 2.24. The molecule has 9 heteroatoms. The van der Waals surface area contributed by atoms with Gasteiger partial charge in [-0.2, -0.15) is 0 Å². The van der Waals surface area contributed by atoms with E-state index < -0.39 is 0 Å². The molecule has 2 aliphatic carbocycles. The van der Waals surface area contributed by atoms with E-state index in [1.807, 2.05) is 30.3 Å². The molecule has 6 aromatic heterocycles. The Morgan fingerprint density at radius 1 is 0.327 bits per heavy atom. The molecule has 0 radical (unpaired) electrons. The molecule has 0 saturated heterocycles. The first kappa shape index (κ1) is 66.9. The van der Waals surface area contributed by atoms with E-state index in [4.69, 9.17) is 21.6 Å². The molecule has 15 aromatic carbocycles. The van der Waals surface area contributed by atoms with Gasteiger partial charge in [-0.15, -0.1) is 0 Å². The van der Waals surface area contributed by atoms with Crippen LogP contribution in [0, 0.1) is 0 Å². The monoisotopic (exact) mass is 1470 g/mol. The van der Waals surface area contributed by atoms with Gasteiger partial charge < -0.3 is 14.1 Å². The molecule has 534 valence electrons. The summed E-state index contributed by atoms with van der Waals surface area (Å²) in [5.74, 6) is 0.657. The highest BCUT2D eigenvalue weighted by atomic mass is 35.5. The van der Waals surface area contributed by atoms with Crippen molar-refractivity contribution in [2.75, 3.05) is 0 Å². The van der Waals surface area contributed by atoms with Crippen molar-refractivity contribution in [2.45, 2.75) is 25.7 Å². The third-order valence-corrected chi connectivity index (χ3v) is 22.9. The fourth-order valence-corrected chi connectivity index (χ4v) is 17.7. The highest BCUT2D eigenvalue weighted by molar-refractivity contribution is 6.28. The van der Waals surface area contributed by atoms with Gasteiger partial charge in [-0.1, -0.05) is 273 Å². The minimum absolute atomic E-state index is 0.269. The second-order valence-electron chi connectivity index (χ2n) is 29.2. The average Bonchev–Trinajstić information content (AvgIpc) is 1.56. The zero-order valence-corrected chi connectivity index (χ0v) is 62.4. The number of hydrogen-bond donors (Lipinski definition) is 1. The number of hydrogen-bond acceptors (Lipinski definition) is 4. The second kappa shape index (κ2) is 28.3. The number of nitrogens with zero attached hydrogens (tertiary/aromatic N) is 7. The average molecular weight is 1470 g/mol. The number of aromatic nitrogens is 8. The largest absolute Gasteiger partial charge is 0.354 e. The van der Waals surface area contributed by atoms with Crippen molar-refractivity contribution < 1.29 is 0 Å². The van der Waals surface area contributed by atoms with E-state index >= 15 is 0 Å². The van der Waals surface area contributed by atoms with Gasteiger partial charge in [0.1, 0.15) is 0 Å². The summed E-state index contributed by atoms with van der Waals surface area (Å²) in [6.07, 6.45) is 12.8. The number of nitrogens with one attached hydrogen (secondary N) is 1. The van der Waals surface area contributed by atoms with Crippen LogP contribution in [-0.4, -0.2) is 38.6 Å². The van der Waals surface area contributed by atoms with Crippen molar-refractivity contribution in [1.29, 1.82) is 0 Å². The van der Waals surface area contributed by atoms with Crippen LogP contribution >= 0.6 is 11.6 Å². The van der Waals surface area contributed by atoms with Crippen LogP contribution in [-0.2, 0) is 0 Å². The molecule has 23 rings (SSSR count). The molecule has 1 N–H and O–H groups in total. The maximum absolute atomic E-state index is 6.07. The van der Waals surface area contributed by atoms with Gasteiger partial charge in [-0.05, 0) is 195 Å². The third kappa shape index (κ3) is 11.9. The third-order valence-electron chi connectivity index (χ3n) is 22.7. The van der Waals surface area contributed by atoms with Crippen LogP contribution in [0.15, 0.2) is 387 Å². The molecule has 0 saturated carbocycles. The summed E-state index contributed by atoms with van der Waals surface area (Å²) in [6.45, 7) is 0. The van der Waals surface area contributed by atoms with E-state index in [1.54, 1.807) is 6.20 Å². The minimum Gasteiger partial charge on any atom is -0.354 e. The van der Waals surface area contributed by atoms with E-state index in [0.29, 0.717) is 5.95 Å². The van der Waals surface area contributed by atoms with Gasteiger partial charge in [-0.3, -0.25) is 4.57 Å². The molecular formula is C104H71ClN8. The fourth-order valence-electron chi connectivity index (χ4n) is 17.6. The van der Waals surface area contributed by atoms with Crippen LogP contribution in [0.2, 0.25) is 5.28 Å². The van der Waals surface area contributed by atoms with Crippen molar-refractivity contribution >= 4 is 148 Å². The predicted molar refractivity (Wildman–Crippen MR) is 474 cm³/mol. The van der Waals surface area contributed by atoms with Gasteiger partial charge in [0.05, 0.1) is 55.5 Å². The van der Waals surface area contributed by atoms with E-state index in [9.17, 15) is 0 Å². The Balaban J connectivity index is 0.000000120. The zero-order chi connectivity index (χ0) is 74.9. The van der Waals surface area contributed by atoms with Crippen LogP contribution in [0.25, 0.3) is 187 Å². The number of para-hydroxylation sites is 7. The van der Waals surface area contributed by atoms with Crippen LogP contribution < -0.4 is 0 Å². The van der Waals surface area contributed by atoms with Crippen molar-refractivity contribution in [3.05, 3.63) is 398 Å². The zero-order valence-electron chi connectivity index (χ0n) is 61.6. The van der Waals surface area contributed by atoms with Crippen LogP contribution in [0.3, 0.4) is 0 Å². The maximum atomic E-state index is 6.07. The van der Waals surface area contributed by atoms with E-state index in [2.05, 4.69) is 368 Å². The Bertz CT molecular complexity index is 7580. The van der Waals surface area contributed by atoms with E-state index in [1.165, 1.54) is 142 Å². The molecule has 0 aliphatic heterocycles. The van der Waals surface area contributed by atoms with Gasteiger partial charge in [-0.25, -0.2) is 19.9 Å². The number of allylic oxidation sites excluding steroid dienone is 6. The number of rotatable bonds is 7. The van der Waals surface area contributed by atoms with Gasteiger partial charge in [0, 0.05) is 87.9 Å². The summed E-state index contributed by atoms with van der Waals surface area (Å²) in [4.78, 5) is 23.0. The molecular weight excluding hydrogens is 1400 g/mol. The molecule has 6 heterocycles. The van der Waals surface area contributed by atoms with Gasteiger partial charge in [0.15, 0.2) is 0 Å². The lowest BCUT2D eigenvalue weighted by Crippen LogP contribution is -2.04. The molecule has 8 nitrogen and oxygen atoms in total. The van der Waals surface area contributed by atoms with Crippen molar-refractivity contribution in [1.82, 2.24) is 38.6 Å². The molecule has 0 amide bonds. The lowest BCUT2D eigenvalue weighted by Gasteiger charge is -2.20. The summed E-state index contributed by atoms with van der Waals surface area (Å²) in [7, 11) is 0. The number of fused-ring (bicyclic) bond motifs is 18. The molecule has 0 unspecified atom stereocenters. The number of benzene rings is 15. The Morgan fingerprint density at radius 2 is 0.841 bits per heavy atom. The SMILES string of the molecule is Clc1nccccccc(C2=CC3=C(C=CCC3)CC2)n1.c1ccc(-n2c3ccccc3c3ccc(-c4cc5c6ccccc6[nH]c5c5ccccc45)cc32)cc1.c1ccc(-n2c3ccccc3c3ccc(-c4cc5c6ccccc6n(-c6nc(-c7ccc8ccccc8c7)c7ccccc7n6)c5c5ccccc45)cc32)cc1. The van der Waals surface area contributed by atoms with Crippen molar-refractivity contribution in [2.24, 2.45) is 0 Å². The molecule has 2 aliphatic rings. The summed E-state index contributed by atoms with van der Waals surface area (Å²) in [6, 6.07) is 125. The molecule has 21 aromatic rings. The lowest BCUT2D eigenvalue weighted by atomic mass is 9.86. The first-order valence-corrected chi connectivity index (χ1v) is 39.1. The Kier molecular flexibility index (Phi) is 16.7. The summed E-state index contributed by atoms with van der Waals surface area (Å²) >= 11 is 6.07. The van der Waals surface area contributed by atoms with Crippen molar-refractivity contribution in [3.63, 3.8) is 0 Å². The molecule has 0 atom stereocenters. The van der Waals surface area contributed by atoms with Crippen LogP contribution in [0.5, 0.6) is 0 Å². The van der Waals surface area contributed by atoms with Crippen LogP contribution in [0.4, 0.5) is 0 Å². The lowest BCUT2D eigenvalue weighted by molar-refractivity contribution is 0.890. The normalized spacial score (nSPS) is 12.8.